The summed E-state index contributed by atoms with van der Waals surface area (Å²) in [6.07, 6.45) is 5.35. The second-order valence-corrected chi connectivity index (χ2v) is 7.48. The number of piperidine rings is 1. The third-order valence-corrected chi connectivity index (χ3v) is 5.86. The molecule has 1 aromatic heterocycles. The molecule has 6 nitrogen and oxygen atoms in total. The lowest BCUT2D eigenvalue weighted by atomic mass is 9.94. The van der Waals surface area contributed by atoms with Gasteiger partial charge < -0.3 is 10.6 Å². The number of rotatable bonds is 4. The van der Waals surface area contributed by atoms with Gasteiger partial charge in [-0.3, -0.25) is 4.79 Å². The van der Waals surface area contributed by atoms with Gasteiger partial charge in [-0.15, -0.1) is 5.10 Å². The van der Waals surface area contributed by atoms with Crippen molar-refractivity contribution in [3.05, 3.63) is 47.3 Å². The van der Waals surface area contributed by atoms with E-state index in [2.05, 4.69) is 45.2 Å². The molecule has 2 aliphatic rings. The number of hydrogen-bond acceptors (Lipinski definition) is 4. The van der Waals surface area contributed by atoms with Crippen molar-refractivity contribution in [2.75, 3.05) is 13.1 Å². The van der Waals surface area contributed by atoms with E-state index in [1.807, 2.05) is 17.7 Å². The first kappa shape index (κ1) is 17.2. The summed E-state index contributed by atoms with van der Waals surface area (Å²) >= 11 is 0. The minimum Gasteiger partial charge on any atom is -0.347 e. The second-order valence-electron chi connectivity index (χ2n) is 7.48. The number of nitrogens with zero attached hydrogens (tertiary/aromatic N) is 3. The highest BCUT2D eigenvalue weighted by molar-refractivity contribution is 5.93. The summed E-state index contributed by atoms with van der Waals surface area (Å²) in [6.45, 7) is 3.94. The number of benzene rings is 1. The second kappa shape index (κ2) is 7.58. The molecule has 0 radical (unpaired) electrons. The molecule has 2 atom stereocenters. The molecule has 1 aliphatic carbocycles. The van der Waals surface area contributed by atoms with Crippen molar-refractivity contribution in [1.82, 2.24) is 25.6 Å². The molecule has 1 aliphatic heterocycles. The Bertz CT molecular complexity index is 751. The van der Waals surface area contributed by atoms with Gasteiger partial charge in [0.15, 0.2) is 5.69 Å². The molecule has 4 rings (SSSR count). The van der Waals surface area contributed by atoms with Crippen LogP contribution in [0.2, 0.25) is 0 Å². The highest BCUT2D eigenvalue weighted by atomic mass is 16.2. The van der Waals surface area contributed by atoms with E-state index in [4.69, 9.17) is 0 Å². The molecule has 1 amide bonds. The third kappa shape index (κ3) is 3.38. The summed E-state index contributed by atoms with van der Waals surface area (Å²) in [7, 11) is 0. The van der Waals surface area contributed by atoms with Gasteiger partial charge in [0.05, 0.1) is 11.7 Å². The van der Waals surface area contributed by atoms with Crippen LogP contribution >= 0.6 is 0 Å². The lowest BCUT2D eigenvalue weighted by Crippen LogP contribution is -2.37. The number of nitrogens with one attached hydrogen (secondary N) is 2. The van der Waals surface area contributed by atoms with Gasteiger partial charge in [-0.1, -0.05) is 42.0 Å². The maximum atomic E-state index is 12.9. The number of amides is 1. The highest BCUT2D eigenvalue weighted by Gasteiger charge is 2.31. The lowest BCUT2D eigenvalue weighted by Gasteiger charge is -2.23. The van der Waals surface area contributed by atoms with Crippen molar-refractivity contribution in [3.8, 4) is 0 Å². The van der Waals surface area contributed by atoms with Gasteiger partial charge >= 0.3 is 0 Å². The molecule has 138 valence electrons. The first-order chi connectivity index (χ1) is 12.7. The molecular formula is C20H27N5O. The molecule has 6 heteroatoms. The molecular weight excluding hydrogens is 326 g/mol. The highest BCUT2D eigenvalue weighted by Crippen LogP contribution is 2.34. The van der Waals surface area contributed by atoms with Gasteiger partial charge in [0, 0.05) is 12.0 Å². The zero-order valence-electron chi connectivity index (χ0n) is 15.3. The van der Waals surface area contributed by atoms with Gasteiger partial charge in [-0.2, -0.15) is 0 Å². The SMILES string of the molecule is Cc1c(C(=O)NC2CCCC2c2ccccc2)nnn1C1CCNCC1. The summed E-state index contributed by atoms with van der Waals surface area (Å²) in [5.74, 6) is 0.301. The van der Waals surface area contributed by atoms with Crippen molar-refractivity contribution >= 4 is 5.91 Å². The number of carbonyl (C=O) groups is 1. The van der Waals surface area contributed by atoms with Gasteiger partial charge in [-0.05, 0) is 51.3 Å². The zero-order valence-corrected chi connectivity index (χ0v) is 15.3. The summed E-state index contributed by atoms with van der Waals surface area (Å²) in [5.41, 5.74) is 2.66. The Morgan fingerprint density at radius 3 is 2.69 bits per heavy atom. The minimum atomic E-state index is -0.0875. The van der Waals surface area contributed by atoms with Crippen LogP contribution in [-0.2, 0) is 0 Å². The van der Waals surface area contributed by atoms with Crippen molar-refractivity contribution < 1.29 is 4.79 Å². The van der Waals surface area contributed by atoms with E-state index >= 15 is 0 Å². The van der Waals surface area contributed by atoms with Crippen molar-refractivity contribution in [1.29, 1.82) is 0 Å². The maximum Gasteiger partial charge on any atom is 0.273 e. The minimum absolute atomic E-state index is 0.0875. The molecule has 2 heterocycles. The average molecular weight is 353 g/mol. The number of carbonyl (C=O) groups excluding carboxylic acids is 1. The molecule has 0 spiro atoms. The summed E-state index contributed by atoms with van der Waals surface area (Å²) in [5, 5.41) is 15.1. The predicted octanol–water partition coefficient (Wildman–Crippen LogP) is 2.58. The van der Waals surface area contributed by atoms with Crippen LogP contribution in [0.15, 0.2) is 30.3 Å². The zero-order chi connectivity index (χ0) is 17.9. The van der Waals surface area contributed by atoms with Crippen LogP contribution in [0.25, 0.3) is 0 Å². The first-order valence-electron chi connectivity index (χ1n) is 9.72. The molecule has 2 fully saturated rings. The van der Waals surface area contributed by atoms with E-state index in [9.17, 15) is 4.79 Å². The van der Waals surface area contributed by atoms with Crippen LogP contribution in [0.5, 0.6) is 0 Å². The fraction of sp³-hybridized carbons (Fsp3) is 0.550. The van der Waals surface area contributed by atoms with E-state index in [0.29, 0.717) is 17.7 Å². The van der Waals surface area contributed by atoms with Crippen LogP contribution in [0.1, 0.15) is 65.8 Å². The Kier molecular flexibility index (Phi) is 5.02. The number of hydrogen-bond donors (Lipinski definition) is 2. The summed E-state index contributed by atoms with van der Waals surface area (Å²) in [6, 6.07) is 11.0. The molecule has 2 aromatic rings. The molecule has 1 saturated heterocycles. The Labute approximate surface area is 154 Å². The molecule has 1 aromatic carbocycles. The van der Waals surface area contributed by atoms with Crippen LogP contribution in [0.4, 0.5) is 0 Å². The summed E-state index contributed by atoms with van der Waals surface area (Å²) < 4.78 is 1.94. The van der Waals surface area contributed by atoms with Crippen LogP contribution in [0, 0.1) is 6.92 Å². The maximum absolute atomic E-state index is 12.9. The lowest BCUT2D eigenvalue weighted by molar-refractivity contribution is 0.0928. The Morgan fingerprint density at radius 1 is 1.15 bits per heavy atom. The standard InChI is InChI=1S/C20H27N5O/c1-14-19(23-24-25(14)16-10-12-21-13-11-16)20(26)22-18-9-5-8-17(18)15-6-3-2-4-7-15/h2-4,6-7,16-18,21H,5,8-13H2,1H3,(H,22,26). The van der Waals surface area contributed by atoms with Crippen LogP contribution in [0.3, 0.4) is 0 Å². The van der Waals surface area contributed by atoms with E-state index in [1.54, 1.807) is 0 Å². The van der Waals surface area contributed by atoms with E-state index in [0.717, 1.165) is 50.9 Å². The Hall–Kier alpha value is -2.21. The Balaban J connectivity index is 1.47. The fourth-order valence-electron chi connectivity index (χ4n) is 4.42. The van der Waals surface area contributed by atoms with E-state index in [-0.39, 0.29) is 11.9 Å². The monoisotopic (exact) mass is 353 g/mol. The van der Waals surface area contributed by atoms with Crippen molar-refractivity contribution in [3.63, 3.8) is 0 Å². The van der Waals surface area contributed by atoms with Gasteiger partial charge in [0.2, 0.25) is 0 Å². The van der Waals surface area contributed by atoms with Crippen LogP contribution in [-0.4, -0.2) is 40.0 Å². The first-order valence-corrected chi connectivity index (χ1v) is 9.72. The normalized spacial score (nSPS) is 23.9. The predicted molar refractivity (Wildman–Crippen MR) is 100 cm³/mol. The van der Waals surface area contributed by atoms with Crippen molar-refractivity contribution in [2.24, 2.45) is 0 Å². The van der Waals surface area contributed by atoms with Gasteiger partial charge in [-0.25, -0.2) is 4.68 Å². The molecule has 0 bridgehead atoms. The van der Waals surface area contributed by atoms with E-state index in [1.165, 1.54) is 5.56 Å². The van der Waals surface area contributed by atoms with Crippen LogP contribution < -0.4 is 10.6 Å². The van der Waals surface area contributed by atoms with Gasteiger partial charge in [0.25, 0.3) is 5.91 Å². The topological polar surface area (TPSA) is 71.8 Å². The van der Waals surface area contributed by atoms with Crippen molar-refractivity contribution in [2.45, 2.75) is 57.0 Å². The summed E-state index contributed by atoms with van der Waals surface area (Å²) in [4.78, 5) is 12.9. The molecule has 26 heavy (non-hydrogen) atoms. The fourth-order valence-corrected chi connectivity index (χ4v) is 4.42. The average Bonchev–Trinajstić information content (AvgIpc) is 3.29. The molecule has 2 N–H and O–H groups in total. The number of aromatic nitrogens is 3. The van der Waals surface area contributed by atoms with Gasteiger partial charge in [0.1, 0.15) is 0 Å². The third-order valence-electron chi connectivity index (χ3n) is 5.86. The van der Waals surface area contributed by atoms with E-state index < -0.39 is 0 Å². The quantitative estimate of drug-likeness (QED) is 0.886. The largest absolute Gasteiger partial charge is 0.347 e. The molecule has 1 saturated carbocycles. The smallest absolute Gasteiger partial charge is 0.273 e. The molecule has 2 unspecified atom stereocenters. The Morgan fingerprint density at radius 2 is 1.92 bits per heavy atom.